The standard InChI is InChI=1S/C10H19N5/c1-10(2,15(3)4)9(14-11)8-5-12-7-13-6-8/h5-7,9,14H,11H2,1-4H3. The van der Waals surface area contributed by atoms with Crippen LogP contribution in [0.25, 0.3) is 0 Å². The lowest BCUT2D eigenvalue weighted by Gasteiger charge is -2.39. The SMILES string of the molecule is CN(C)C(C)(C)C(NN)c1cncnc1. The Bertz CT molecular complexity index is 296. The van der Waals surface area contributed by atoms with Gasteiger partial charge in [-0.15, -0.1) is 0 Å². The quantitative estimate of drug-likeness (QED) is 0.552. The molecule has 5 heteroatoms. The molecule has 1 rings (SSSR count). The van der Waals surface area contributed by atoms with Gasteiger partial charge in [-0.3, -0.25) is 11.3 Å². The number of hydrazine groups is 1. The molecular formula is C10H19N5. The molecule has 0 aromatic carbocycles. The highest BCUT2D eigenvalue weighted by Crippen LogP contribution is 2.27. The van der Waals surface area contributed by atoms with Gasteiger partial charge in [-0.25, -0.2) is 9.97 Å². The second kappa shape index (κ2) is 4.65. The van der Waals surface area contributed by atoms with E-state index in [-0.39, 0.29) is 11.6 Å². The Hall–Kier alpha value is -1.04. The zero-order valence-corrected chi connectivity index (χ0v) is 9.73. The van der Waals surface area contributed by atoms with Crippen molar-refractivity contribution in [3.05, 3.63) is 24.3 Å². The van der Waals surface area contributed by atoms with Gasteiger partial charge in [0.2, 0.25) is 0 Å². The van der Waals surface area contributed by atoms with Crippen LogP contribution in [-0.2, 0) is 0 Å². The summed E-state index contributed by atoms with van der Waals surface area (Å²) >= 11 is 0. The van der Waals surface area contributed by atoms with E-state index in [4.69, 9.17) is 5.84 Å². The normalized spacial score (nSPS) is 14.3. The average Bonchev–Trinajstić information content (AvgIpc) is 2.19. The van der Waals surface area contributed by atoms with Crippen LogP contribution >= 0.6 is 0 Å². The molecule has 1 aromatic heterocycles. The molecule has 1 aromatic rings. The van der Waals surface area contributed by atoms with Crippen molar-refractivity contribution < 1.29 is 0 Å². The third kappa shape index (κ3) is 2.50. The summed E-state index contributed by atoms with van der Waals surface area (Å²) in [5, 5.41) is 0. The summed E-state index contributed by atoms with van der Waals surface area (Å²) in [6, 6.07) is -0.00583. The zero-order chi connectivity index (χ0) is 11.5. The molecule has 1 heterocycles. The van der Waals surface area contributed by atoms with E-state index in [9.17, 15) is 0 Å². The molecule has 0 radical (unpaired) electrons. The van der Waals surface area contributed by atoms with E-state index in [1.54, 1.807) is 12.4 Å². The van der Waals surface area contributed by atoms with E-state index in [1.165, 1.54) is 6.33 Å². The van der Waals surface area contributed by atoms with Gasteiger partial charge in [0.05, 0.1) is 6.04 Å². The lowest BCUT2D eigenvalue weighted by atomic mass is 9.89. The van der Waals surface area contributed by atoms with Crippen molar-refractivity contribution in [2.24, 2.45) is 5.84 Å². The first-order valence-electron chi connectivity index (χ1n) is 4.88. The van der Waals surface area contributed by atoms with Crippen LogP contribution in [0.1, 0.15) is 25.5 Å². The van der Waals surface area contributed by atoms with Crippen LogP contribution in [0.15, 0.2) is 18.7 Å². The molecule has 0 saturated carbocycles. The minimum Gasteiger partial charge on any atom is -0.302 e. The summed E-state index contributed by atoms with van der Waals surface area (Å²) in [4.78, 5) is 10.1. The lowest BCUT2D eigenvalue weighted by Crippen LogP contribution is -2.51. The monoisotopic (exact) mass is 209 g/mol. The number of nitrogens with one attached hydrogen (secondary N) is 1. The second-order valence-electron chi connectivity index (χ2n) is 4.32. The molecule has 1 unspecified atom stereocenters. The summed E-state index contributed by atoms with van der Waals surface area (Å²) < 4.78 is 0. The first-order chi connectivity index (χ1) is 7.00. The van der Waals surface area contributed by atoms with E-state index < -0.39 is 0 Å². The number of hydrogen-bond acceptors (Lipinski definition) is 5. The van der Waals surface area contributed by atoms with Gasteiger partial charge in [0.1, 0.15) is 6.33 Å². The minimum absolute atomic E-state index is 0.00583. The van der Waals surface area contributed by atoms with Crippen molar-refractivity contribution in [2.45, 2.75) is 25.4 Å². The first-order valence-corrected chi connectivity index (χ1v) is 4.88. The molecule has 84 valence electrons. The predicted octanol–water partition coefficient (Wildman–Crippen LogP) is 0.321. The molecule has 3 N–H and O–H groups in total. The summed E-state index contributed by atoms with van der Waals surface area (Å²) in [6.45, 7) is 4.23. The molecule has 15 heavy (non-hydrogen) atoms. The van der Waals surface area contributed by atoms with Gasteiger partial charge in [0.25, 0.3) is 0 Å². The van der Waals surface area contributed by atoms with E-state index >= 15 is 0 Å². The second-order valence-corrected chi connectivity index (χ2v) is 4.32. The van der Waals surface area contributed by atoms with Crippen molar-refractivity contribution in [2.75, 3.05) is 14.1 Å². The molecular weight excluding hydrogens is 190 g/mol. The van der Waals surface area contributed by atoms with Gasteiger partial charge in [-0.2, -0.15) is 0 Å². The van der Waals surface area contributed by atoms with Gasteiger partial charge < -0.3 is 4.90 Å². The molecule has 0 fully saturated rings. The van der Waals surface area contributed by atoms with Crippen LogP contribution in [0.2, 0.25) is 0 Å². The van der Waals surface area contributed by atoms with Crippen molar-refractivity contribution in [1.82, 2.24) is 20.3 Å². The molecule has 0 spiro atoms. The van der Waals surface area contributed by atoms with Crippen LogP contribution in [-0.4, -0.2) is 34.5 Å². The van der Waals surface area contributed by atoms with Gasteiger partial charge in [0.15, 0.2) is 0 Å². The fourth-order valence-corrected chi connectivity index (χ4v) is 1.43. The first kappa shape index (κ1) is 12.0. The number of likely N-dealkylation sites (N-methyl/N-ethyl adjacent to an activating group) is 1. The topological polar surface area (TPSA) is 67.1 Å². The smallest absolute Gasteiger partial charge is 0.115 e. The highest BCUT2D eigenvalue weighted by Gasteiger charge is 2.32. The van der Waals surface area contributed by atoms with Crippen molar-refractivity contribution >= 4 is 0 Å². The Morgan fingerprint density at radius 2 is 1.87 bits per heavy atom. The summed E-state index contributed by atoms with van der Waals surface area (Å²) in [5.74, 6) is 5.60. The van der Waals surface area contributed by atoms with Crippen LogP contribution < -0.4 is 11.3 Å². The van der Waals surface area contributed by atoms with Gasteiger partial charge >= 0.3 is 0 Å². The molecule has 0 saturated heterocycles. The Morgan fingerprint density at radius 3 is 2.27 bits per heavy atom. The number of aromatic nitrogens is 2. The third-order valence-corrected chi connectivity index (χ3v) is 2.94. The summed E-state index contributed by atoms with van der Waals surface area (Å²) in [6.07, 6.45) is 5.07. The minimum atomic E-state index is -0.112. The van der Waals surface area contributed by atoms with E-state index in [0.717, 1.165) is 5.56 Å². The summed E-state index contributed by atoms with van der Waals surface area (Å²) in [5.41, 5.74) is 3.69. The number of hydrogen-bond donors (Lipinski definition) is 2. The maximum absolute atomic E-state index is 5.60. The van der Waals surface area contributed by atoms with E-state index in [2.05, 4.69) is 34.1 Å². The maximum Gasteiger partial charge on any atom is 0.115 e. The fraction of sp³-hybridized carbons (Fsp3) is 0.600. The average molecular weight is 209 g/mol. The fourth-order valence-electron chi connectivity index (χ4n) is 1.43. The summed E-state index contributed by atoms with van der Waals surface area (Å²) in [7, 11) is 4.04. The number of nitrogens with two attached hydrogens (primary N) is 1. The maximum atomic E-state index is 5.60. The van der Waals surface area contributed by atoms with Crippen LogP contribution in [0.5, 0.6) is 0 Å². The third-order valence-electron chi connectivity index (χ3n) is 2.94. The molecule has 5 nitrogen and oxygen atoms in total. The predicted molar refractivity (Wildman–Crippen MR) is 59.9 cm³/mol. The molecule has 1 atom stereocenters. The molecule has 0 amide bonds. The van der Waals surface area contributed by atoms with Crippen molar-refractivity contribution in [3.63, 3.8) is 0 Å². The molecule has 0 aliphatic heterocycles. The highest BCUT2D eigenvalue weighted by atomic mass is 15.3. The number of nitrogens with zero attached hydrogens (tertiary/aromatic N) is 3. The Labute approximate surface area is 90.7 Å². The van der Waals surface area contributed by atoms with Crippen molar-refractivity contribution in [3.8, 4) is 0 Å². The van der Waals surface area contributed by atoms with Crippen LogP contribution in [0.3, 0.4) is 0 Å². The Kier molecular flexibility index (Phi) is 3.73. The van der Waals surface area contributed by atoms with Gasteiger partial charge in [-0.05, 0) is 27.9 Å². The van der Waals surface area contributed by atoms with E-state index in [1.807, 2.05) is 14.1 Å². The number of rotatable bonds is 4. The zero-order valence-electron chi connectivity index (χ0n) is 9.73. The molecule has 0 aliphatic carbocycles. The van der Waals surface area contributed by atoms with Crippen LogP contribution in [0.4, 0.5) is 0 Å². The largest absolute Gasteiger partial charge is 0.302 e. The van der Waals surface area contributed by atoms with Crippen molar-refractivity contribution in [1.29, 1.82) is 0 Å². The lowest BCUT2D eigenvalue weighted by molar-refractivity contribution is 0.138. The van der Waals surface area contributed by atoms with Gasteiger partial charge in [-0.1, -0.05) is 0 Å². The molecule has 0 bridgehead atoms. The highest BCUT2D eigenvalue weighted by molar-refractivity contribution is 5.14. The Morgan fingerprint density at radius 1 is 1.33 bits per heavy atom. The van der Waals surface area contributed by atoms with E-state index in [0.29, 0.717) is 0 Å². The Balaban J connectivity index is 2.99. The van der Waals surface area contributed by atoms with Crippen LogP contribution in [0, 0.1) is 0 Å². The van der Waals surface area contributed by atoms with Gasteiger partial charge in [0, 0.05) is 23.5 Å². The molecule has 0 aliphatic rings.